The first-order valence-electron chi connectivity index (χ1n) is 12.3. The summed E-state index contributed by atoms with van der Waals surface area (Å²) >= 11 is 4.16. The Bertz CT molecular complexity index is 999. The van der Waals surface area contributed by atoms with E-state index >= 15 is 0 Å². The van der Waals surface area contributed by atoms with Gasteiger partial charge in [-0.15, -0.1) is 0 Å². The van der Waals surface area contributed by atoms with Crippen molar-refractivity contribution in [1.82, 2.24) is 0 Å². The van der Waals surface area contributed by atoms with Crippen LogP contribution in [0.3, 0.4) is 0 Å². The first kappa shape index (κ1) is 25.7. The lowest BCUT2D eigenvalue weighted by Crippen LogP contribution is -2.52. The molecule has 1 aliphatic rings. The van der Waals surface area contributed by atoms with Crippen LogP contribution in [-0.4, -0.2) is 5.81 Å². The van der Waals surface area contributed by atoms with Crippen LogP contribution in [0.2, 0.25) is 0 Å². The van der Waals surface area contributed by atoms with Crippen molar-refractivity contribution in [3.05, 3.63) is 82.7 Å². The van der Waals surface area contributed by atoms with Gasteiger partial charge < -0.3 is 9.62 Å². The van der Waals surface area contributed by atoms with Gasteiger partial charge in [-0.3, -0.25) is 0 Å². The van der Waals surface area contributed by atoms with E-state index in [1.807, 2.05) is 0 Å². The molecule has 0 N–H and O–H groups in total. The Morgan fingerprint density at radius 1 is 0.667 bits per heavy atom. The molecule has 4 heteroatoms. The SMILES string of the molecule is C=C1C=C(C)N(c2c(C(C)C)cccc2C(C)C)B(Br)N1c1c(C(C)C)cccc1C(C)C. The molecule has 176 valence electrons. The van der Waals surface area contributed by atoms with Gasteiger partial charge in [0.15, 0.2) is 0 Å². The summed E-state index contributed by atoms with van der Waals surface area (Å²) in [4.78, 5) is 4.87. The summed E-state index contributed by atoms with van der Waals surface area (Å²) in [6.45, 7) is 25.0. The summed E-state index contributed by atoms with van der Waals surface area (Å²) in [6, 6.07) is 13.5. The smallest absolute Gasteiger partial charge is 0.359 e. The molecule has 0 bridgehead atoms. The quantitative estimate of drug-likeness (QED) is 0.360. The maximum atomic E-state index is 4.51. The van der Waals surface area contributed by atoms with E-state index in [1.54, 1.807) is 0 Å². The zero-order chi connectivity index (χ0) is 24.6. The predicted octanol–water partition coefficient (Wildman–Crippen LogP) is 9.30. The van der Waals surface area contributed by atoms with Crippen molar-refractivity contribution < 1.29 is 0 Å². The molecule has 0 aliphatic carbocycles. The molecular formula is C29H40BBrN2. The van der Waals surface area contributed by atoms with Gasteiger partial charge in [-0.05, 0) is 58.9 Å². The second kappa shape index (κ2) is 10.1. The van der Waals surface area contributed by atoms with E-state index < -0.39 is 0 Å². The van der Waals surface area contributed by atoms with Crippen molar-refractivity contribution in [1.29, 1.82) is 0 Å². The second-order valence-corrected chi connectivity index (χ2v) is 11.3. The highest BCUT2D eigenvalue weighted by molar-refractivity contribution is 9.24. The summed E-state index contributed by atoms with van der Waals surface area (Å²) in [5, 5.41) is 0. The molecule has 1 heterocycles. The average molecular weight is 507 g/mol. The Kier molecular flexibility index (Phi) is 7.89. The molecule has 0 fully saturated rings. The highest BCUT2D eigenvalue weighted by Crippen LogP contribution is 2.45. The van der Waals surface area contributed by atoms with E-state index in [0.717, 1.165) is 5.70 Å². The van der Waals surface area contributed by atoms with E-state index in [-0.39, 0.29) is 5.81 Å². The molecule has 0 aromatic heterocycles. The molecule has 0 radical (unpaired) electrons. The molecule has 0 amide bonds. The number of benzene rings is 2. The maximum Gasteiger partial charge on any atom is 0.464 e. The van der Waals surface area contributed by atoms with Gasteiger partial charge in [0.2, 0.25) is 0 Å². The normalized spacial score (nSPS) is 14.9. The van der Waals surface area contributed by atoms with Crippen molar-refractivity contribution in [3.63, 3.8) is 0 Å². The third kappa shape index (κ3) is 4.82. The lowest BCUT2D eigenvalue weighted by molar-refractivity contribution is 0.825. The van der Waals surface area contributed by atoms with E-state index in [0.29, 0.717) is 23.7 Å². The molecule has 0 saturated heterocycles. The highest BCUT2D eigenvalue weighted by atomic mass is 79.9. The number of rotatable bonds is 6. The molecule has 1 aliphatic heterocycles. The number of para-hydroxylation sites is 2. The number of hydrogen-bond donors (Lipinski definition) is 0. The molecule has 0 atom stereocenters. The minimum Gasteiger partial charge on any atom is -0.359 e. The van der Waals surface area contributed by atoms with Crippen LogP contribution in [0.25, 0.3) is 0 Å². The fourth-order valence-electron chi connectivity index (χ4n) is 4.91. The van der Waals surface area contributed by atoms with Crippen LogP contribution >= 0.6 is 15.8 Å². The number of anilines is 2. The number of hydrogen-bond acceptors (Lipinski definition) is 2. The lowest BCUT2D eigenvalue weighted by Gasteiger charge is -2.45. The molecular weight excluding hydrogens is 467 g/mol. The molecule has 3 rings (SSSR count). The first-order chi connectivity index (χ1) is 15.5. The summed E-state index contributed by atoms with van der Waals surface area (Å²) < 4.78 is 0. The first-order valence-corrected chi connectivity index (χ1v) is 13.2. The van der Waals surface area contributed by atoms with Crippen molar-refractivity contribution in [2.75, 3.05) is 9.62 Å². The van der Waals surface area contributed by atoms with Crippen LogP contribution in [0.15, 0.2) is 60.4 Å². The van der Waals surface area contributed by atoms with E-state index in [1.165, 1.54) is 39.3 Å². The van der Waals surface area contributed by atoms with Gasteiger partial charge in [0, 0.05) is 22.8 Å². The van der Waals surface area contributed by atoms with Gasteiger partial charge in [0.1, 0.15) is 0 Å². The molecule has 33 heavy (non-hydrogen) atoms. The molecule has 2 aromatic rings. The van der Waals surface area contributed by atoms with Crippen LogP contribution < -0.4 is 9.62 Å². The van der Waals surface area contributed by atoms with Gasteiger partial charge in [-0.2, -0.15) is 0 Å². The Hall–Kier alpha value is -1.94. The third-order valence-electron chi connectivity index (χ3n) is 6.66. The van der Waals surface area contributed by atoms with Crippen LogP contribution in [0.5, 0.6) is 0 Å². The zero-order valence-electron chi connectivity index (χ0n) is 21.9. The fourth-order valence-corrected chi connectivity index (χ4v) is 5.91. The molecule has 0 saturated carbocycles. The Morgan fingerprint density at radius 3 is 1.33 bits per heavy atom. The van der Waals surface area contributed by atoms with E-state index in [9.17, 15) is 0 Å². The van der Waals surface area contributed by atoms with Crippen molar-refractivity contribution in [3.8, 4) is 0 Å². The lowest BCUT2D eigenvalue weighted by atomic mass is 9.83. The topological polar surface area (TPSA) is 6.48 Å². The summed E-state index contributed by atoms with van der Waals surface area (Å²) in [5.74, 6) is 1.63. The minimum absolute atomic E-state index is 0.0650. The summed E-state index contributed by atoms with van der Waals surface area (Å²) in [7, 11) is 0. The summed E-state index contributed by atoms with van der Waals surface area (Å²) in [6.07, 6.45) is 2.24. The minimum atomic E-state index is -0.0650. The standard InChI is InChI=1S/C29H40BBrN2/c1-18(2)24-13-11-14-25(19(3)4)28(24)32-22(9)17-23(10)33(30(32)31)29-26(20(5)6)15-12-16-27(29)21(7)8/h11-21H,9H2,1-8,10H3. The van der Waals surface area contributed by atoms with Gasteiger partial charge in [-0.25, -0.2) is 0 Å². The largest absolute Gasteiger partial charge is 0.464 e. The van der Waals surface area contributed by atoms with Gasteiger partial charge >= 0.3 is 5.81 Å². The van der Waals surface area contributed by atoms with Gasteiger partial charge in [0.25, 0.3) is 0 Å². The maximum absolute atomic E-state index is 4.51. The van der Waals surface area contributed by atoms with Gasteiger partial charge in [0.05, 0.1) is 0 Å². The van der Waals surface area contributed by atoms with E-state index in [2.05, 4.69) is 137 Å². The zero-order valence-corrected chi connectivity index (χ0v) is 23.5. The monoisotopic (exact) mass is 506 g/mol. The Balaban J connectivity index is 2.30. The molecule has 0 unspecified atom stereocenters. The Labute approximate surface area is 210 Å². The van der Waals surface area contributed by atoms with Crippen molar-refractivity contribution in [2.24, 2.45) is 0 Å². The van der Waals surface area contributed by atoms with Crippen LogP contribution in [-0.2, 0) is 0 Å². The second-order valence-electron chi connectivity index (χ2n) is 10.5. The van der Waals surface area contributed by atoms with E-state index in [4.69, 9.17) is 0 Å². The van der Waals surface area contributed by atoms with Crippen LogP contribution in [0.1, 0.15) is 108 Å². The van der Waals surface area contributed by atoms with Crippen molar-refractivity contribution >= 4 is 32.9 Å². The molecule has 2 nitrogen and oxygen atoms in total. The highest BCUT2D eigenvalue weighted by Gasteiger charge is 2.39. The van der Waals surface area contributed by atoms with Crippen molar-refractivity contribution in [2.45, 2.75) is 86.0 Å². The van der Waals surface area contributed by atoms with Crippen LogP contribution in [0, 0.1) is 0 Å². The summed E-state index contributed by atoms with van der Waals surface area (Å²) in [5.41, 5.74) is 10.3. The van der Waals surface area contributed by atoms with Crippen LogP contribution in [0.4, 0.5) is 11.4 Å². The average Bonchev–Trinajstić information content (AvgIpc) is 2.72. The number of nitrogens with zero attached hydrogens (tertiary/aromatic N) is 2. The predicted molar refractivity (Wildman–Crippen MR) is 152 cm³/mol. The number of allylic oxidation sites excluding steroid dienone is 2. The fraction of sp³-hybridized carbons (Fsp3) is 0.448. The molecule has 2 aromatic carbocycles. The number of halogens is 1. The third-order valence-corrected chi connectivity index (χ3v) is 7.48. The molecule has 0 spiro atoms. The van der Waals surface area contributed by atoms with Gasteiger partial charge in [-0.1, -0.05) is 114 Å². The Morgan fingerprint density at radius 2 is 1.00 bits per heavy atom.